The maximum absolute atomic E-state index is 12.2. The summed E-state index contributed by atoms with van der Waals surface area (Å²) >= 11 is 7.51. The van der Waals surface area contributed by atoms with Crippen molar-refractivity contribution in [3.8, 4) is 11.8 Å². The van der Waals surface area contributed by atoms with Crippen molar-refractivity contribution in [3.05, 3.63) is 75.6 Å². The molecule has 0 saturated carbocycles. The van der Waals surface area contributed by atoms with Gasteiger partial charge in [0.1, 0.15) is 11.6 Å². The second kappa shape index (κ2) is 6.71. The Bertz CT molecular complexity index is 1200. The fourth-order valence-corrected chi connectivity index (χ4v) is 3.59. The topological polar surface area (TPSA) is 91.8 Å². The van der Waals surface area contributed by atoms with Gasteiger partial charge in [0.15, 0.2) is 10.8 Å². The minimum absolute atomic E-state index is 0.259. The zero-order valence-corrected chi connectivity index (χ0v) is 14.8. The summed E-state index contributed by atoms with van der Waals surface area (Å²) in [6, 6.07) is 10.9. The SMILES string of the molecule is N#Cc1c[nH]n2c(=O)cc(CSc3nccn3-c3cccc(Cl)c3)nc12. The van der Waals surface area contributed by atoms with Crippen LogP contribution in [0.2, 0.25) is 5.02 Å². The van der Waals surface area contributed by atoms with E-state index < -0.39 is 0 Å². The Morgan fingerprint density at radius 3 is 3.04 bits per heavy atom. The number of imidazole rings is 1. The average molecular weight is 383 g/mol. The van der Waals surface area contributed by atoms with E-state index in [-0.39, 0.29) is 5.56 Å². The van der Waals surface area contributed by atoms with Gasteiger partial charge in [-0.3, -0.25) is 14.5 Å². The summed E-state index contributed by atoms with van der Waals surface area (Å²) < 4.78 is 3.17. The molecular formula is C17H11ClN6OS. The normalized spacial score (nSPS) is 10.9. The van der Waals surface area contributed by atoms with Crippen LogP contribution < -0.4 is 5.56 Å². The molecule has 1 aromatic carbocycles. The van der Waals surface area contributed by atoms with E-state index in [4.69, 9.17) is 16.9 Å². The monoisotopic (exact) mass is 382 g/mol. The highest BCUT2D eigenvalue weighted by molar-refractivity contribution is 7.98. The predicted molar refractivity (Wildman–Crippen MR) is 98.7 cm³/mol. The van der Waals surface area contributed by atoms with Crippen LogP contribution in [0.15, 0.2) is 58.9 Å². The van der Waals surface area contributed by atoms with Crippen LogP contribution in [0.1, 0.15) is 11.3 Å². The number of aromatic nitrogens is 5. The minimum Gasteiger partial charge on any atom is -0.295 e. The second-order valence-electron chi connectivity index (χ2n) is 5.39. The van der Waals surface area contributed by atoms with E-state index in [0.29, 0.717) is 27.7 Å². The van der Waals surface area contributed by atoms with Gasteiger partial charge in [0.25, 0.3) is 5.56 Å². The van der Waals surface area contributed by atoms with E-state index in [0.717, 1.165) is 10.8 Å². The van der Waals surface area contributed by atoms with E-state index in [2.05, 4.69) is 15.1 Å². The van der Waals surface area contributed by atoms with Gasteiger partial charge in [-0.1, -0.05) is 29.4 Å². The van der Waals surface area contributed by atoms with Gasteiger partial charge in [-0.2, -0.15) is 5.26 Å². The number of thioether (sulfide) groups is 1. The molecule has 4 aromatic rings. The molecule has 4 rings (SSSR count). The summed E-state index contributed by atoms with van der Waals surface area (Å²) in [6.45, 7) is 0. The van der Waals surface area contributed by atoms with Gasteiger partial charge in [-0.05, 0) is 18.2 Å². The molecule has 26 heavy (non-hydrogen) atoms. The summed E-state index contributed by atoms with van der Waals surface area (Å²) in [5, 5.41) is 13.2. The Balaban J connectivity index is 1.63. The second-order valence-corrected chi connectivity index (χ2v) is 6.77. The van der Waals surface area contributed by atoms with Gasteiger partial charge in [-0.15, -0.1) is 0 Å². The summed E-state index contributed by atoms with van der Waals surface area (Å²) in [5.74, 6) is 0.444. The van der Waals surface area contributed by atoms with Crippen LogP contribution in [0, 0.1) is 11.3 Å². The fourth-order valence-electron chi connectivity index (χ4n) is 2.54. The molecule has 1 N–H and O–H groups in total. The molecule has 0 radical (unpaired) electrons. The lowest BCUT2D eigenvalue weighted by atomic mass is 10.3. The maximum Gasteiger partial charge on any atom is 0.272 e. The first kappa shape index (κ1) is 16.4. The van der Waals surface area contributed by atoms with Crippen molar-refractivity contribution in [1.82, 2.24) is 24.1 Å². The average Bonchev–Trinajstić information content (AvgIpc) is 3.26. The van der Waals surface area contributed by atoms with Crippen molar-refractivity contribution in [3.63, 3.8) is 0 Å². The molecule has 128 valence electrons. The Labute approximate surface area is 156 Å². The number of nitrogens with zero attached hydrogens (tertiary/aromatic N) is 5. The number of nitrogens with one attached hydrogen (secondary N) is 1. The highest BCUT2D eigenvalue weighted by atomic mass is 35.5. The number of halogens is 1. The fraction of sp³-hybridized carbons (Fsp3) is 0.0588. The van der Waals surface area contributed by atoms with Gasteiger partial charge in [-0.25, -0.2) is 14.5 Å². The van der Waals surface area contributed by atoms with Crippen LogP contribution in [0.3, 0.4) is 0 Å². The number of aromatic amines is 1. The maximum atomic E-state index is 12.2. The van der Waals surface area contributed by atoms with Crippen LogP contribution in [0.4, 0.5) is 0 Å². The van der Waals surface area contributed by atoms with E-state index in [1.165, 1.54) is 28.5 Å². The molecule has 7 nitrogen and oxygen atoms in total. The van der Waals surface area contributed by atoms with Gasteiger partial charge in [0, 0.05) is 41.1 Å². The molecular weight excluding hydrogens is 372 g/mol. The van der Waals surface area contributed by atoms with Gasteiger partial charge < -0.3 is 0 Å². The van der Waals surface area contributed by atoms with Gasteiger partial charge >= 0.3 is 0 Å². The molecule has 0 amide bonds. The van der Waals surface area contributed by atoms with E-state index in [9.17, 15) is 4.79 Å². The molecule has 3 aromatic heterocycles. The Kier molecular flexibility index (Phi) is 4.24. The molecule has 0 bridgehead atoms. The summed E-state index contributed by atoms with van der Waals surface area (Å²) in [4.78, 5) is 20.9. The Morgan fingerprint density at radius 2 is 2.23 bits per heavy atom. The third-order valence-corrected chi connectivity index (χ3v) is 4.95. The third-order valence-electron chi connectivity index (χ3n) is 3.71. The van der Waals surface area contributed by atoms with Gasteiger partial charge in [0.05, 0.1) is 5.69 Å². The minimum atomic E-state index is -0.259. The molecule has 0 saturated heterocycles. The molecule has 0 unspecified atom stereocenters. The Morgan fingerprint density at radius 1 is 1.35 bits per heavy atom. The zero-order valence-electron chi connectivity index (χ0n) is 13.3. The van der Waals surface area contributed by atoms with Crippen molar-refractivity contribution >= 4 is 29.0 Å². The molecule has 0 aliphatic rings. The highest BCUT2D eigenvalue weighted by Gasteiger charge is 2.11. The van der Waals surface area contributed by atoms with Crippen molar-refractivity contribution in [1.29, 1.82) is 5.26 Å². The molecule has 9 heteroatoms. The first-order valence-electron chi connectivity index (χ1n) is 7.58. The van der Waals surface area contributed by atoms with Crippen molar-refractivity contribution in [2.45, 2.75) is 10.9 Å². The number of hydrogen-bond acceptors (Lipinski definition) is 5. The number of H-pyrrole nitrogens is 1. The number of hydrogen-bond donors (Lipinski definition) is 1. The van der Waals surface area contributed by atoms with Crippen LogP contribution >= 0.6 is 23.4 Å². The van der Waals surface area contributed by atoms with Crippen molar-refractivity contribution in [2.24, 2.45) is 0 Å². The number of benzene rings is 1. The number of fused-ring (bicyclic) bond motifs is 1. The van der Waals surface area contributed by atoms with Crippen LogP contribution in [-0.2, 0) is 5.75 Å². The van der Waals surface area contributed by atoms with Gasteiger partial charge in [0.2, 0.25) is 0 Å². The molecule has 0 aliphatic heterocycles. The van der Waals surface area contributed by atoms with E-state index in [1.807, 2.05) is 41.1 Å². The molecule has 0 atom stereocenters. The van der Waals surface area contributed by atoms with Crippen LogP contribution in [-0.4, -0.2) is 24.1 Å². The van der Waals surface area contributed by atoms with Crippen LogP contribution in [0.5, 0.6) is 0 Å². The first-order chi connectivity index (χ1) is 12.7. The zero-order chi connectivity index (χ0) is 18.1. The van der Waals surface area contributed by atoms with E-state index >= 15 is 0 Å². The quantitative estimate of drug-likeness (QED) is 0.548. The summed E-state index contributed by atoms with van der Waals surface area (Å²) in [6.07, 6.45) is 5.01. The predicted octanol–water partition coefficient (Wildman–Crippen LogP) is 3.03. The first-order valence-corrected chi connectivity index (χ1v) is 8.94. The molecule has 0 fully saturated rings. The molecule has 0 aliphatic carbocycles. The largest absolute Gasteiger partial charge is 0.295 e. The van der Waals surface area contributed by atoms with Crippen LogP contribution in [0.25, 0.3) is 11.3 Å². The molecule has 0 spiro atoms. The highest BCUT2D eigenvalue weighted by Crippen LogP contribution is 2.24. The van der Waals surface area contributed by atoms with Crippen molar-refractivity contribution < 1.29 is 0 Å². The smallest absolute Gasteiger partial charge is 0.272 e. The van der Waals surface area contributed by atoms with Crippen molar-refractivity contribution in [2.75, 3.05) is 0 Å². The number of nitriles is 1. The lowest BCUT2D eigenvalue weighted by molar-refractivity contribution is 0.882. The lowest BCUT2D eigenvalue weighted by Gasteiger charge is -2.07. The molecule has 3 heterocycles. The lowest BCUT2D eigenvalue weighted by Crippen LogP contribution is -2.15. The Hall–Kier alpha value is -3.02. The third kappa shape index (κ3) is 2.98. The van der Waals surface area contributed by atoms with E-state index in [1.54, 1.807) is 6.20 Å². The number of rotatable bonds is 4. The summed E-state index contributed by atoms with van der Waals surface area (Å²) in [5.41, 5.74) is 1.88. The standard InChI is InChI=1S/C17H11ClN6OS/c18-12-2-1-3-14(6-12)23-5-4-20-17(23)26-10-13-7-15(25)24-16(22-13)11(8-19)9-21-24/h1-7,9,21H,10H2. The summed E-state index contributed by atoms with van der Waals surface area (Å²) in [7, 11) is 0.